The van der Waals surface area contributed by atoms with Gasteiger partial charge in [-0.2, -0.15) is 0 Å². The predicted octanol–water partition coefficient (Wildman–Crippen LogP) is 9.96. The SMILES string of the molecule is Cc1cc(=O)oc2cc(OCCOCCOc3cc4cc(c3)Cc3cc5cc(c3)OCCOCCOCCOCCOc3cc(cc(c3)Cc3cc(cc(OCCOCCOc6ccc7c(C)cc(=O)oc7c6)c3)C5)C4)ccc12. The van der Waals surface area contributed by atoms with Crippen molar-refractivity contribution in [2.24, 2.45) is 0 Å². The van der Waals surface area contributed by atoms with E-state index in [4.69, 9.17) is 60.9 Å². The zero-order valence-corrected chi connectivity index (χ0v) is 44.8. The molecule has 79 heavy (non-hydrogen) atoms. The minimum Gasteiger partial charge on any atom is -0.491 e. The third-order valence-electron chi connectivity index (χ3n) is 13.3. The van der Waals surface area contributed by atoms with E-state index < -0.39 is 11.3 Å². The van der Waals surface area contributed by atoms with Gasteiger partial charge in [0.25, 0.3) is 0 Å². The fraction of sp³-hybridized carbons (Fsp3) is 0.344. The molecule has 10 bridgehead atoms. The Morgan fingerprint density at radius 1 is 0.342 bits per heavy atom. The van der Waals surface area contributed by atoms with Crippen molar-refractivity contribution in [1.82, 2.24) is 0 Å². The molecule has 1 aliphatic carbocycles. The van der Waals surface area contributed by atoms with Gasteiger partial charge in [0.15, 0.2) is 0 Å². The van der Waals surface area contributed by atoms with E-state index in [1.807, 2.05) is 38.1 Å². The van der Waals surface area contributed by atoms with Crippen molar-refractivity contribution < 1.29 is 60.9 Å². The summed E-state index contributed by atoms with van der Waals surface area (Å²) in [6.45, 7) is 9.86. The lowest BCUT2D eigenvalue weighted by Gasteiger charge is -2.17. The molecule has 412 valence electrons. The average Bonchev–Trinajstić information content (AvgIpc) is 3.46. The molecule has 2 aliphatic rings. The summed E-state index contributed by atoms with van der Waals surface area (Å²) >= 11 is 0. The Morgan fingerprint density at radius 3 is 1.01 bits per heavy atom. The van der Waals surface area contributed by atoms with Crippen LogP contribution in [0.2, 0.25) is 0 Å². The Kier molecular flexibility index (Phi) is 18.9. The average molecular weight is 1080 g/mol. The highest BCUT2D eigenvalue weighted by atomic mass is 16.6. The lowest BCUT2D eigenvalue weighted by atomic mass is 9.93. The number of ether oxygens (including phenoxy) is 11. The molecule has 15 nitrogen and oxygen atoms in total. The first-order valence-electron chi connectivity index (χ1n) is 27.0. The maximum atomic E-state index is 11.9. The molecule has 0 saturated heterocycles. The molecule has 15 heteroatoms. The summed E-state index contributed by atoms with van der Waals surface area (Å²) in [5.74, 6) is 4.21. The third kappa shape index (κ3) is 16.2. The second-order valence-corrected chi connectivity index (χ2v) is 19.6. The van der Waals surface area contributed by atoms with Crippen molar-refractivity contribution in [3.8, 4) is 34.5 Å². The van der Waals surface area contributed by atoms with Crippen molar-refractivity contribution in [2.75, 3.05) is 106 Å². The minimum atomic E-state index is -0.390. The van der Waals surface area contributed by atoms with Crippen LogP contribution in [-0.4, -0.2) is 106 Å². The molecule has 0 saturated carbocycles. The molecular formula is C64H66O15. The fourth-order valence-corrected chi connectivity index (χ4v) is 9.85. The largest absolute Gasteiger partial charge is 0.491 e. The van der Waals surface area contributed by atoms with E-state index in [1.54, 1.807) is 12.1 Å². The second-order valence-electron chi connectivity index (χ2n) is 19.6. The van der Waals surface area contributed by atoms with Crippen molar-refractivity contribution >= 4 is 21.9 Å². The van der Waals surface area contributed by atoms with Gasteiger partial charge in [0.2, 0.25) is 0 Å². The van der Waals surface area contributed by atoms with Gasteiger partial charge in [-0.1, -0.05) is 24.3 Å². The Hall–Kier alpha value is -7.66. The van der Waals surface area contributed by atoms with Gasteiger partial charge in [-0.05, 0) is 168 Å². The van der Waals surface area contributed by atoms with E-state index in [1.165, 1.54) is 12.1 Å². The van der Waals surface area contributed by atoms with Crippen LogP contribution in [0.1, 0.15) is 55.6 Å². The highest BCUT2D eigenvalue weighted by Gasteiger charge is 2.15. The van der Waals surface area contributed by atoms with Gasteiger partial charge in [-0.3, -0.25) is 0 Å². The van der Waals surface area contributed by atoms with Crippen molar-refractivity contribution in [3.05, 3.63) is 198 Å². The van der Waals surface area contributed by atoms with Gasteiger partial charge in [0, 0.05) is 35.0 Å². The predicted molar refractivity (Wildman–Crippen MR) is 298 cm³/mol. The number of aryl methyl sites for hydroxylation is 2. The zero-order valence-electron chi connectivity index (χ0n) is 44.8. The Balaban J connectivity index is 0.849. The highest BCUT2D eigenvalue weighted by molar-refractivity contribution is 5.82. The molecule has 0 unspecified atom stereocenters. The van der Waals surface area contributed by atoms with Gasteiger partial charge < -0.3 is 60.9 Å². The van der Waals surface area contributed by atoms with Gasteiger partial charge in [-0.25, -0.2) is 9.59 Å². The van der Waals surface area contributed by atoms with Crippen LogP contribution < -0.4 is 39.7 Å². The van der Waals surface area contributed by atoms with Crippen LogP contribution in [0.5, 0.6) is 34.5 Å². The van der Waals surface area contributed by atoms with E-state index >= 15 is 0 Å². The van der Waals surface area contributed by atoms with E-state index in [2.05, 4.69) is 72.8 Å². The quantitative estimate of drug-likeness (QED) is 0.0663. The van der Waals surface area contributed by atoms with Crippen molar-refractivity contribution in [2.45, 2.75) is 39.5 Å². The van der Waals surface area contributed by atoms with Crippen LogP contribution in [0.4, 0.5) is 0 Å². The third-order valence-corrected chi connectivity index (χ3v) is 13.3. The van der Waals surface area contributed by atoms with Crippen molar-refractivity contribution in [3.63, 3.8) is 0 Å². The number of hydrogen-bond acceptors (Lipinski definition) is 15. The zero-order chi connectivity index (χ0) is 54.2. The lowest BCUT2D eigenvalue weighted by molar-refractivity contribution is 0.00498. The Bertz CT molecular complexity index is 3140. The first-order valence-corrected chi connectivity index (χ1v) is 27.0. The highest BCUT2D eigenvalue weighted by Crippen LogP contribution is 2.31. The first kappa shape index (κ1) is 54.7. The molecule has 3 heterocycles. The summed E-state index contributed by atoms with van der Waals surface area (Å²) in [7, 11) is 0. The molecule has 8 aromatic rings. The van der Waals surface area contributed by atoms with Crippen LogP contribution in [0, 0.1) is 13.8 Å². The Morgan fingerprint density at radius 2 is 0.658 bits per heavy atom. The van der Waals surface area contributed by atoms with E-state index in [-0.39, 0.29) is 0 Å². The summed E-state index contributed by atoms with van der Waals surface area (Å²) in [6.07, 6.45) is 2.51. The van der Waals surface area contributed by atoms with Gasteiger partial charge >= 0.3 is 11.3 Å². The molecule has 6 aromatic carbocycles. The summed E-state index contributed by atoms with van der Waals surface area (Å²) in [4.78, 5) is 23.9. The smallest absolute Gasteiger partial charge is 0.336 e. The number of fused-ring (bicyclic) bond motifs is 8. The Labute approximate surface area is 458 Å². The number of hydrogen-bond donors (Lipinski definition) is 0. The molecule has 0 fully saturated rings. The van der Waals surface area contributed by atoms with E-state index in [0.29, 0.717) is 154 Å². The van der Waals surface area contributed by atoms with Crippen LogP contribution >= 0.6 is 0 Å². The fourth-order valence-electron chi connectivity index (χ4n) is 9.85. The van der Waals surface area contributed by atoms with E-state index in [0.717, 1.165) is 89.4 Å². The number of benzene rings is 6. The van der Waals surface area contributed by atoms with Crippen LogP contribution in [-0.2, 0) is 49.4 Å². The molecule has 1 aliphatic heterocycles. The lowest BCUT2D eigenvalue weighted by Crippen LogP contribution is -2.14. The van der Waals surface area contributed by atoms with Crippen LogP contribution in [0.25, 0.3) is 21.9 Å². The summed E-state index contributed by atoms with van der Waals surface area (Å²) in [5, 5.41) is 1.74. The first-order chi connectivity index (χ1) is 38.7. The standard InChI is InChI=1S/C64H66O15/c1-43-23-63(65)78-61-41-53(3-5-59(43)61)72-17-11-70-15-21-76-57-37-49-27-45-25-47-29-51-32-52(40-58(39-51)77-22-16-71-12-18-73-54-4-6-60-44(2)24-64(66)79-62(60)42-54)30-48-26-46(28-50(31-49)38-57)34-56(36-48)75-20-14-69-10-8-67-7-9-68-13-19-74-55(33-45)35-47/h3-6,23-26,31-42H,7-22,27-30H2,1-2H3. The molecule has 0 radical (unpaired) electrons. The summed E-state index contributed by atoms with van der Waals surface area (Å²) in [6, 6.07) is 39.8. The van der Waals surface area contributed by atoms with E-state index in [9.17, 15) is 9.59 Å². The maximum absolute atomic E-state index is 11.9. The van der Waals surface area contributed by atoms with Crippen LogP contribution in [0.15, 0.2) is 140 Å². The van der Waals surface area contributed by atoms with Gasteiger partial charge in [0.1, 0.15) is 85.3 Å². The normalized spacial score (nSPS) is 14.3. The van der Waals surface area contributed by atoms with Crippen LogP contribution in [0.3, 0.4) is 0 Å². The van der Waals surface area contributed by atoms with Crippen molar-refractivity contribution in [1.29, 1.82) is 0 Å². The summed E-state index contributed by atoms with van der Waals surface area (Å²) < 4.78 is 77.6. The summed E-state index contributed by atoms with van der Waals surface area (Å²) in [5.41, 5.74) is 10.6. The topological polar surface area (TPSA) is 162 Å². The molecule has 0 amide bonds. The number of rotatable bonds is 16. The molecule has 10 rings (SSSR count). The molecule has 0 N–H and O–H groups in total. The monoisotopic (exact) mass is 1070 g/mol. The minimum absolute atomic E-state index is 0.318. The molecule has 0 atom stereocenters. The molecular weight excluding hydrogens is 1010 g/mol. The second kappa shape index (κ2) is 27.3. The van der Waals surface area contributed by atoms with Gasteiger partial charge in [0.05, 0.1) is 66.1 Å². The van der Waals surface area contributed by atoms with Gasteiger partial charge in [-0.15, -0.1) is 0 Å². The maximum Gasteiger partial charge on any atom is 0.336 e. The molecule has 2 aromatic heterocycles. The molecule has 0 spiro atoms.